The number of amides is 1. The number of carbonyl (C=O) groups excluding carboxylic acids is 3. The molecule has 0 saturated carbocycles. The van der Waals surface area contributed by atoms with Crippen LogP contribution in [0.3, 0.4) is 0 Å². The zero-order valence-electron chi connectivity index (χ0n) is 19.5. The van der Waals surface area contributed by atoms with Crippen molar-refractivity contribution in [3.05, 3.63) is 71.0 Å². The summed E-state index contributed by atoms with van der Waals surface area (Å²) in [6.07, 6.45) is 0. The number of ether oxygens (including phenoxy) is 2. The van der Waals surface area contributed by atoms with Gasteiger partial charge < -0.3 is 19.4 Å². The van der Waals surface area contributed by atoms with Crippen LogP contribution in [0.1, 0.15) is 52.9 Å². The molecule has 0 radical (unpaired) electrons. The van der Waals surface area contributed by atoms with Gasteiger partial charge in [-0.1, -0.05) is 0 Å². The summed E-state index contributed by atoms with van der Waals surface area (Å²) in [6, 6.07) is 14.2. The second-order valence-corrected chi connectivity index (χ2v) is 7.71. The van der Waals surface area contributed by atoms with Gasteiger partial charge in [0.2, 0.25) is 11.7 Å². The molecule has 172 valence electrons. The number of carbonyl (C=O) groups is 3. The van der Waals surface area contributed by atoms with Gasteiger partial charge >= 0.3 is 0 Å². The van der Waals surface area contributed by atoms with E-state index in [9.17, 15) is 14.4 Å². The van der Waals surface area contributed by atoms with Crippen LogP contribution in [0.4, 0.5) is 5.69 Å². The number of hydrogen-bond acceptors (Lipinski definition) is 5. The Labute approximate surface area is 193 Å². The number of nitrogens with one attached hydrogen (secondary N) is 1. The predicted molar refractivity (Wildman–Crippen MR) is 127 cm³/mol. The zero-order chi connectivity index (χ0) is 24.1. The minimum atomic E-state index is -0.277. The molecule has 0 aliphatic carbocycles. The van der Waals surface area contributed by atoms with Crippen LogP contribution in [-0.2, 0) is 4.79 Å². The van der Waals surface area contributed by atoms with Crippen LogP contribution in [0.2, 0.25) is 0 Å². The number of aryl methyl sites for hydroxylation is 1. The highest BCUT2D eigenvalue weighted by molar-refractivity contribution is 5.99. The molecule has 0 spiro atoms. The first-order valence-corrected chi connectivity index (χ1v) is 10.7. The average molecular weight is 449 g/mol. The molecule has 0 aliphatic heterocycles. The lowest BCUT2D eigenvalue weighted by Crippen LogP contribution is -2.15. The van der Waals surface area contributed by atoms with Gasteiger partial charge in [-0.25, -0.2) is 0 Å². The van der Waals surface area contributed by atoms with E-state index in [4.69, 9.17) is 9.47 Å². The molecule has 0 aliphatic rings. The Hall–Kier alpha value is -3.87. The summed E-state index contributed by atoms with van der Waals surface area (Å²) in [4.78, 5) is 36.3. The minimum Gasteiger partial charge on any atom is -0.494 e. The third kappa shape index (κ3) is 5.49. The van der Waals surface area contributed by atoms with Crippen LogP contribution < -0.4 is 14.8 Å². The van der Waals surface area contributed by atoms with Gasteiger partial charge in [-0.15, -0.1) is 0 Å². The molecule has 7 heteroatoms. The summed E-state index contributed by atoms with van der Waals surface area (Å²) in [5.74, 6) is 0.435. The van der Waals surface area contributed by atoms with Gasteiger partial charge in [-0.3, -0.25) is 14.4 Å². The minimum absolute atomic E-state index is 0.139. The van der Waals surface area contributed by atoms with Gasteiger partial charge in [0.1, 0.15) is 11.5 Å². The summed E-state index contributed by atoms with van der Waals surface area (Å²) >= 11 is 0. The number of hydrogen-bond donors (Lipinski definition) is 1. The van der Waals surface area contributed by atoms with Crippen LogP contribution in [0.25, 0.3) is 5.69 Å². The summed E-state index contributed by atoms with van der Waals surface area (Å²) in [6.45, 7) is 8.94. The highest BCUT2D eigenvalue weighted by Gasteiger charge is 2.18. The molecule has 7 nitrogen and oxygen atoms in total. The molecule has 3 rings (SSSR count). The van der Waals surface area contributed by atoms with Crippen molar-refractivity contribution in [3.8, 4) is 17.2 Å². The monoisotopic (exact) mass is 448 g/mol. The van der Waals surface area contributed by atoms with Crippen molar-refractivity contribution in [3.63, 3.8) is 0 Å². The van der Waals surface area contributed by atoms with E-state index in [1.807, 2.05) is 55.7 Å². The first-order chi connectivity index (χ1) is 15.7. The third-order valence-electron chi connectivity index (χ3n) is 5.20. The molecular formula is C26H28N2O5. The number of ketones is 2. The van der Waals surface area contributed by atoms with E-state index < -0.39 is 0 Å². The van der Waals surface area contributed by atoms with Gasteiger partial charge in [0.05, 0.1) is 12.3 Å². The summed E-state index contributed by atoms with van der Waals surface area (Å²) in [5.41, 5.74) is 4.02. The van der Waals surface area contributed by atoms with E-state index in [0.717, 1.165) is 22.8 Å². The lowest BCUT2D eigenvalue weighted by atomic mass is 10.1. The number of Topliss-reactive ketones (excluding diaryl/α,β-unsaturated/α-hetero) is 2. The van der Waals surface area contributed by atoms with Gasteiger partial charge in [-0.2, -0.15) is 0 Å². The normalized spacial score (nSPS) is 10.6. The number of nitrogens with zero attached hydrogens (tertiary/aromatic N) is 1. The van der Waals surface area contributed by atoms with Crippen LogP contribution >= 0.6 is 0 Å². The van der Waals surface area contributed by atoms with Gasteiger partial charge in [-0.05, 0) is 76.2 Å². The van der Waals surface area contributed by atoms with Gasteiger partial charge in [0.15, 0.2) is 12.4 Å². The zero-order valence-corrected chi connectivity index (χ0v) is 19.5. The maximum absolute atomic E-state index is 13.0. The topological polar surface area (TPSA) is 86.6 Å². The van der Waals surface area contributed by atoms with E-state index in [1.54, 1.807) is 12.1 Å². The summed E-state index contributed by atoms with van der Waals surface area (Å²) in [5, 5.41) is 2.66. The second kappa shape index (κ2) is 10.2. The van der Waals surface area contributed by atoms with E-state index >= 15 is 0 Å². The molecule has 0 fully saturated rings. The maximum Gasteiger partial charge on any atom is 0.221 e. The fourth-order valence-corrected chi connectivity index (χ4v) is 3.68. The van der Waals surface area contributed by atoms with E-state index in [2.05, 4.69) is 5.32 Å². The van der Waals surface area contributed by atoms with Crippen LogP contribution in [0.5, 0.6) is 11.5 Å². The number of rotatable bonds is 9. The van der Waals surface area contributed by atoms with E-state index in [-0.39, 0.29) is 29.8 Å². The largest absolute Gasteiger partial charge is 0.494 e. The molecule has 33 heavy (non-hydrogen) atoms. The molecule has 2 aromatic carbocycles. The molecule has 0 atom stereocenters. The Morgan fingerprint density at radius 2 is 1.64 bits per heavy atom. The Kier molecular flexibility index (Phi) is 7.33. The third-order valence-corrected chi connectivity index (χ3v) is 5.20. The molecule has 0 unspecified atom stereocenters. The fourth-order valence-electron chi connectivity index (χ4n) is 3.68. The highest BCUT2D eigenvalue weighted by Crippen LogP contribution is 2.28. The fraction of sp³-hybridized carbons (Fsp3) is 0.269. The number of anilines is 1. The quantitative estimate of drug-likeness (QED) is 0.470. The molecule has 1 heterocycles. The molecule has 1 N–H and O–H groups in total. The van der Waals surface area contributed by atoms with Crippen molar-refractivity contribution in [1.82, 2.24) is 4.57 Å². The lowest BCUT2D eigenvalue weighted by molar-refractivity contribution is -0.114. The Bertz CT molecular complexity index is 1190. The van der Waals surface area contributed by atoms with Crippen molar-refractivity contribution < 1.29 is 23.9 Å². The average Bonchev–Trinajstić information content (AvgIpc) is 3.07. The van der Waals surface area contributed by atoms with E-state index in [1.165, 1.54) is 19.9 Å². The molecule has 0 saturated heterocycles. The van der Waals surface area contributed by atoms with Crippen LogP contribution in [0, 0.1) is 13.8 Å². The lowest BCUT2D eigenvalue weighted by Gasteiger charge is -2.13. The Morgan fingerprint density at radius 3 is 2.24 bits per heavy atom. The molecule has 1 amide bonds. The first kappa shape index (κ1) is 23.8. The summed E-state index contributed by atoms with van der Waals surface area (Å²) in [7, 11) is 0. The summed E-state index contributed by atoms with van der Waals surface area (Å²) < 4.78 is 13.3. The van der Waals surface area contributed by atoms with Gasteiger partial charge in [0, 0.05) is 35.1 Å². The highest BCUT2D eigenvalue weighted by atomic mass is 16.5. The SMILES string of the molecule is CCOc1ccc(-n2c(C)cc(C(=O)COc3cc(C(C)=O)ccc3NC(C)=O)c2C)cc1. The van der Waals surface area contributed by atoms with Crippen LogP contribution in [0.15, 0.2) is 48.5 Å². The number of benzene rings is 2. The molecule has 3 aromatic rings. The molecule has 0 bridgehead atoms. The van der Waals surface area contributed by atoms with Crippen molar-refractivity contribution in [1.29, 1.82) is 0 Å². The second-order valence-electron chi connectivity index (χ2n) is 7.71. The molecular weight excluding hydrogens is 420 g/mol. The van der Waals surface area contributed by atoms with Crippen molar-refractivity contribution in [2.24, 2.45) is 0 Å². The van der Waals surface area contributed by atoms with Crippen LogP contribution in [-0.4, -0.2) is 35.3 Å². The van der Waals surface area contributed by atoms with Crippen molar-refractivity contribution >= 4 is 23.2 Å². The van der Waals surface area contributed by atoms with Crippen molar-refractivity contribution in [2.45, 2.75) is 34.6 Å². The number of aromatic nitrogens is 1. The smallest absolute Gasteiger partial charge is 0.221 e. The van der Waals surface area contributed by atoms with Gasteiger partial charge in [0.25, 0.3) is 0 Å². The van der Waals surface area contributed by atoms with Crippen molar-refractivity contribution in [2.75, 3.05) is 18.5 Å². The Morgan fingerprint density at radius 1 is 0.939 bits per heavy atom. The molecule has 1 aromatic heterocycles. The predicted octanol–water partition coefficient (Wildman–Crippen LogP) is 4.92. The van der Waals surface area contributed by atoms with E-state index in [0.29, 0.717) is 23.4 Å². The maximum atomic E-state index is 13.0. The Balaban J connectivity index is 1.83. The first-order valence-electron chi connectivity index (χ1n) is 10.7. The standard InChI is InChI=1S/C26H28N2O5/c1-6-32-22-10-8-21(9-11-22)28-16(2)13-23(17(28)3)25(31)15-33-26-14-20(18(4)29)7-12-24(26)27-19(5)30/h7-14H,6,15H2,1-5H3,(H,27,30).